The van der Waals surface area contributed by atoms with Crippen molar-refractivity contribution in [1.82, 2.24) is 9.88 Å². The quantitative estimate of drug-likeness (QED) is 0.809. The number of hydrogen-bond donors (Lipinski definition) is 0. The molecule has 0 N–H and O–H groups in total. The first kappa shape index (κ1) is 17.5. The summed E-state index contributed by atoms with van der Waals surface area (Å²) in [4.78, 5) is 18.3. The summed E-state index contributed by atoms with van der Waals surface area (Å²) in [6, 6.07) is 10.1. The standard InChI is InChI=1S/C20H21FN2O2S/c21-17-3-1-15(2-4-17)9-19(24)23-13-20(14-23)10-18(12-26-20)25-11-16-5-7-22-8-6-16/h1-8,18H,9-14H2/t18-/m1/s1. The van der Waals surface area contributed by atoms with E-state index in [1.54, 1.807) is 24.5 Å². The van der Waals surface area contributed by atoms with Crippen LogP contribution in [0.1, 0.15) is 17.5 Å². The van der Waals surface area contributed by atoms with Gasteiger partial charge in [-0.3, -0.25) is 9.78 Å². The molecule has 1 amide bonds. The largest absolute Gasteiger partial charge is 0.373 e. The van der Waals surface area contributed by atoms with Crippen molar-refractivity contribution in [2.45, 2.75) is 30.3 Å². The van der Waals surface area contributed by atoms with Gasteiger partial charge in [0.25, 0.3) is 0 Å². The molecular weight excluding hydrogens is 351 g/mol. The Morgan fingerprint density at radius 3 is 2.65 bits per heavy atom. The van der Waals surface area contributed by atoms with Crippen molar-refractivity contribution in [2.24, 2.45) is 0 Å². The van der Waals surface area contributed by atoms with Gasteiger partial charge >= 0.3 is 0 Å². The van der Waals surface area contributed by atoms with E-state index in [9.17, 15) is 9.18 Å². The van der Waals surface area contributed by atoms with Crippen molar-refractivity contribution in [2.75, 3.05) is 18.8 Å². The minimum Gasteiger partial charge on any atom is -0.373 e. The van der Waals surface area contributed by atoms with Crippen LogP contribution in [0.15, 0.2) is 48.8 Å². The van der Waals surface area contributed by atoms with Gasteiger partial charge < -0.3 is 9.64 Å². The topological polar surface area (TPSA) is 42.4 Å². The van der Waals surface area contributed by atoms with Gasteiger partial charge in [-0.2, -0.15) is 0 Å². The zero-order chi connectivity index (χ0) is 18.0. The van der Waals surface area contributed by atoms with Crippen LogP contribution < -0.4 is 0 Å². The van der Waals surface area contributed by atoms with Crippen molar-refractivity contribution >= 4 is 17.7 Å². The molecule has 26 heavy (non-hydrogen) atoms. The molecule has 0 bridgehead atoms. The molecule has 2 saturated heterocycles. The van der Waals surface area contributed by atoms with Crippen molar-refractivity contribution in [1.29, 1.82) is 0 Å². The number of ether oxygens (including phenoxy) is 1. The van der Waals surface area contributed by atoms with Crippen LogP contribution in [-0.2, 0) is 22.6 Å². The van der Waals surface area contributed by atoms with Gasteiger partial charge in [0.05, 0.1) is 23.9 Å². The van der Waals surface area contributed by atoms with Crippen molar-refractivity contribution in [3.63, 3.8) is 0 Å². The number of aromatic nitrogens is 1. The number of hydrogen-bond acceptors (Lipinski definition) is 4. The smallest absolute Gasteiger partial charge is 0.227 e. The van der Waals surface area contributed by atoms with Crippen LogP contribution in [-0.4, -0.2) is 45.5 Å². The maximum Gasteiger partial charge on any atom is 0.227 e. The molecule has 1 spiro atoms. The third kappa shape index (κ3) is 3.91. The lowest BCUT2D eigenvalue weighted by Gasteiger charge is -2.47. The molecule has 6 heteroatoms. The Morgan fingerprint density at radius 2 is 1.92 bits per heavy atom. The predicted octanol–water partition coefficient (Wildman–Crippen LogP) is 3.07. The molecule has 1 atom stereocenters. The van der Waals surface area contributed by atoms with Crippen molar-refractivity contribution < 1.29 is 13.9 Å². The molecule has 0 saturated carbocycles. The first-order chi connectivity index (χ1) is 12.6. The monoisotopic (exact) mass is 372 g/mol. The number of rotatable bonds is 5. The summed E-state index contributed by atoms with van der Waals surface area (Å²) >= 11 is 1.92. The minimum atomic E-state index is -0.274. The van der Waals surface area contributed by atoms with Crippen LogP contribution in [0, 0.1) is 5.82 Å². The Labute approximate surface area is 156 Å². The summed E-state index contributed by atoms with van der Waals surface area (Å²) in [5.74, 6) is 0.818. The van der Waals surface area contributed by atoms with Crippen LogP contribution in [0.4, 0.5) is 4.39 Å². The molecule has 1 aromatic heterocycles. The Hall–Kier alpha value is -1.92. The van der Waals surface area contributed by atoms with E-state index in [4.69, 9.17) is 4.74 Å². The third-order valence-electron chi connectivity index (χ3n) is 4.99. The molecule has 2 aromatic rings. The summed E-state index contributed by atoms with van der Waals surface area (Å²) in [6.07, 6.45) is 5.12. The highest BCUT2D eigenvalue weighted by atomic mass is 32.2. The lowest BCUT2D eigenvalue weighted by atomic mass is 9.92. The number of benzene rings is 1. The lowest BCUT2D eigenvalue weighted by Crippen LogP contribution is -2.61. The van der Waals surface area contributed by atoms with E-state index in [0.29, 0.717) is 13.0 Å². The van der Waals surface area contributed by atoms with Gasteiger partial charge in [0, 0.05) is 31.2 Å². The Kier molecular flexibility index (Phi) is 4.96. The fourth-order valence-electron chi connectivity index (χ4n) is 3.54. The fraction of sp³-hybridized carbons (Fsp3) is 0.400. The fourth-order valence-corrected chi connectivity index (χ4v) is 5.09. The van der Waals surface area contributed by atoms with E-state index < -0.39 is 0 Å². The van der Waals surface area contributed by atoms with Gasteiger partial charge in [0.2, 0.25) is 5.91 Å². The number of halogens is 1. The Morgan fingerprint density at radius 1 is 1.19 bits per heavy atom. The molecule has 4 nitrogen and oxygen atoms in total. The molecule has 3 heterocycles. The van der Waals surface area contributed by atoms with E-state index in [-0.39, 0.29) is 22.6 Å². The number of amides is 1. The summed E-state index contributed by atoms with van der Waals surface area (Å²) in [5.41, 5.74) is 1.99. The highest BCUT2D eigenvalue weighted by Crippen LogP contribution is 2.46. The van der Waals surface area contributed by atoms with E-state index in [1.165, 1.54) is 12.1 Å². The lowest BCUT2D eigenvalue weighted by molar-refractivity contribution is -0.136. The second-order valence-electron chi connectivity index (χ2n) is 7.04. The number of carbonyl (C=O) groups is 1. The highest BCUT2D eigenvalue weighted by Gasteiger charge is 2.50. The first-order valence-electron chi connectivity index (χ1n) is 8.79. The molecule has 1 aromatic carbocycles. The van der Waals surface area contributed by atoms with Crippen LogP contribution in [0.25, 0.3) is 0 Å². The molecular formula is C20H21FN2O2S. The number of likely N-dealkylation sites (tertiary alicyclic amines) is 1. The number of carbonyl (C=O) groups excluding carboxylic acids is 1. The van der Waals surface area contributed by atoms with Gasteiger partial charge in [-0.1, -0.05) is 12.1 Å². The molecule has 0 radical (unpaired) electrons. The van der Waals surface area contributed by atoms with Crippen molar-refractivity contribution in [3.05, 3.63) is 65.7 Å². The van der Waals surface area contributed by atoms with Gasteiger partial charge in [-0.15, -0.1) is 11.8 Å². The summed E-state index contributed by atoms with van der Waals surface area (Å²) in [5, 5.41) is 0. The zero-order valence-corrected chi connectivity index (χ0v) is 15.3. The van der Waals surface area contributed by atoms with Crippen LogP contribution in [0.2, 0.25) is 0 Å². The maximum absolute atomic E-state index is 13.0. The highest BCUT2D eigenvalue weighted by molar-refractivity contribution is 8.01. The average Bonchev–Trinajstić information content (AvgIpc) is 3.06. The maximum atomic E-state index is 13.0. The molecule has 0 unspecified atom stereocenters. The second kappa shape index (κ2) is 7.37. The first-order valence-corrected chi connectivity index (χ1v) is 9.77. The average molecular weight is 372 g/mol. The van der Waals surface area contributed by atoms with E-state index in [2.05, 4.69) is 4.98 Å². The molecule has 2 aliphatic rings. The molecule has 2 fully saturated rings. The molecule has 4 rings (SSSR count). The van der Waals surface area contributed by atoms with Crippen LogP contribution >= 0.6 is 11.8 Å². The summed E-state index contributed by atoms with van der Waals surface area (Å²) < 4.78 is 19.1. The number of pyridine rings is 1. The van der Waals surface area contributed by atoms with E-state index in [0.717, 1.165) is 36.4 Å². The van der Waals surface area contributed by atoms with Crippen LogP contribution in [0.3, 0.4) is 0 Å². The predicted molar refractivity (Wildman–Crippen MR) is 99.3 cm³/mol. The normalized spacial score (nSPS) is 21.0. The number of thioether (sulfide) groups is 1. The van der Waals surface area contributed by atoms with E-state index in [1.807, 2.05) is 28.8 Å². The number of nitrogens with zero attached hydrogens (tertiary/aromatic N) is 2. The van der Waals surface area contributed by atoms with Crippen molar-refractivity contribution in [3.8, 4) is 0 Å². The Bertz CT molecular complexity index is 763. The van der Waals surface area contributed by atoms with Gasteiger partial charge in [-0.25, -0.2) is 4.39 Å². The van der Waals surface area contributed by atoms with E-state index >= 15 is 0 Å². The zero-order valence-electron chi connectivity index (χ0n) is 14.4. The van der Waals surface area contributed by atoms with Crippen LogP contribution in [0.5, 0.6) is 0 Å². The second-order valence-corrected chi connectivity index (χ2v) is 8.53. The Balaban J connectivity index is 1.23. The molecule has 136 valence electrons. The third-order valence-corrected chi connectivity index (χ3v) is 6.57. The van der Waals surface area contributed by atoms with Gasteiger partial charge in [-0.05, 0) is 41.8 Å². The van der Waals surface area contributed by atoms with Gasteiger partial charge in [0.1, 0.15) is 5.82 Å². The molecule has 2 aliphatic heterocycles. The summed E-state index contributed by atoms with van der Waals surface area (Å²) in [7, 11) is 0. The SMILES string of the molecule is O=C(Cc1ccc(F)cc1)N1CC2(C[C@@H](OCc3ccncc3)CS2)C1. The molecule has 0 aliphatic carbocycles. The summed E-state index contributed by atoms with van der Waals surface area (Å²) in [6.45, 7) is 2.18. The van der Waals surface area contributed by atoms with Gasteiger partial charge in [0.15, 0.2) is 0 Å². The minimum absolute atomic E-state index is 0.115.